The lowest BCUT2D eigenvalue weighted by Crippen LogP contribution is -2.35. The molecule has 0 aliphatic carbocycles. The minimum absolute atomic E-state index is 0.0673. The highest BCUT2D eigenvalue weighted by Gasteiger charge is 2.36. The highest BCUT2D eigenvalue weighted by atomic mass is 32.1. The van der Waals surface area contributed by atoms with E-state index in [1.807, 2.05) is 13.8 Å². The van der Waals surface area contributed by atoms with Gasteiger partial charge in [0.1, 0.15) is 0 Å². The van der Waals surface area contributed by atoms with Gasteiger partial charge in [0, 0.05) is 18.1 Å². The maximum Gasteiger partial charge on any atom is 0.452 e. The summed E-state index contributed by atoms with van der Waals surface area (Å²) in [6.45, 7) is 3.78. The lowest BCUT2D eigenvalue weighted by atomic mass is 9.98. The minimum atomic E-state index is -4.53. The molecule has 0 fully saturated rings. The van der Waals surface area contributed by atoms with Gasteiger partial charge in [-0.15, -0.1) is 0 Å². The average Bonchev–Trinajstić information content (AvgIpc) is 2.74. The molecule has 8 heteroatoms. The molecule has 0 bridgehead atoms. The standard InChI is InChI=1S/C9H14F3N3OS/c1-3-8(16,4-2)5-13-7-14-6(15-17-7)9(10,11)12/h16H,3-5H2,1-2H3,(H,13,14,15). The first-order valence-corrected chi connectivity index (χ1v) is 5.95. The van der Waals surface area contributed by atoms with E-state index in [1.165, 1.54) is 0 Å². The summed E-state index contributed by atoms with van der Waals surface area (Å²) in [5.41, 5.74) is -0.927. The summed E-state index contributed by atoms with van der Waals surface area (Å²) >= 11 is 0.635. The van der Waals surface area contributed by atoms with Crippen LogP contribution in [-0.2, 0) is 6.18 Å². The van der Waals surface area contributed by atoms with Gasteiger partial charge in [-0.25, -0.2) is 0 Å². The Morgan fingerprint density at radius 1 is 1.29 bits per heavy atom. The monoisotopic (exact) mass is 269 g/mol. The van der Waals surface area contributed by atoms with Crippen molar-refractivity contribution in [3.05, 3.63) is 5.82 Å². The maximum atomic E-state index is 12.2. The number of aromatic nitrogens is 2. The summed E-state index contributed by atoms with van der Waals surface area (Å²) in [6, 6.07) is 0. The predicted octanol–water partition coefficient (Wildman–Crippen LogP) is 2.52. The van der Waals surface area contributed by atoms with E-state index in [4.69, 9.17) is 0 Å². The first-order valence-electron chi connectivity index (χ1n) is 5.18. The predicted molar refractivity (Wildman–Crippen MR) is 58.9 cm³/mol. The number of anilines is 1. The fourth-order valence-corrected chi connectivity index (χ4v) is 1.73. The quantitative estimate of drug-likeness (QED) is 0.862. The number of hydrogen-bond donors (Lipinski definition) is 2. The summed E-state index contributed by atoms with van der Waals surface area (Å²) in [5, 5.41) is 12.7. The van der Waals surface area contributed by atoms with Gasteiger partial charge in [-0.3, -0.25) is 0 Å². The number of aliphatic hydroxyl groups is 1. The van der Waals surface area contributed by atoms with Crippen LogP contribution in [0.2, 0.25) is 0 Å². The molecule has 98 valence electrons. The number of nitrogens with zero attached hydrogens (tertiary/aromatic N) is 2. The van der Waals surface area contributed by atoms with Gasteiger partial charge in [0.15, 0.2) is 0 Å². The maximum absolute atomic E-state index is 12.2. The Morgan fingerprint density at radius 3 is 2.29 bits per heavy atom. The minimum Gasteiger partial charge on any atom is -0.388 e. The van der Waals surface area contributed by atoms with Gasteiger partial charge in [0.25, 0.3) is 0 Å². The van der Waals surface area contributed by atoms with Crippen LogP contribution in [0.3, 0.4) is 0 Å². The van der Waals surface area contributed by atoms with Crippen LogP contribution >= 0.6 is 11.5 Å². The second-order valence-electron chi connectivity index (χ2n) is 3.71. The van der Waals surface area contributed by atoms with E-state index in [0.717, 1.165) is 0 Å². The van der Waals surface area contributed by atoms with Gasteiger partial charge in [-0.2, -0.15) is 22.5 Å². The second-order valence-corrected chi connectivity index (χ2v) is 4.46. The molecule has 0 saturated heterocycles. The Labute approximate surface area is 101 Å². The molecular formula is C9H14F3N3OS. The van der Waals surface area contributed by atoms with E-state index in [-0.39, 0.29) is 11.7 Å². The van der Waals surface area contributed by atoms with Crippen LogP contribution in [0.4, 0.5) is 18.3 Å². The first-order chi connectivity index (χ1) is 7.80. The molecule has 1 aromatic heterocycles. The zero-order chi connectivity index (χ0) is 13.1. The van der Waals surface area contributed by atoms with Crippen molar-refractivity contribution in [1.29, 1.82) is 0 Å². The van der Waals surface area contributed by atoms with E-state index in [1.54, 1.807) is 0 Å². The van der Waals surface area contributed by atoms with Crippen molar-refractivity contribution in [2.75, 3.05) is 11.9 Å². The molecule has 0 unspecified atom stereocenters. The summed E-state index contributed by atoms with van der Waals surface area (Å²) in [7, 11) is 0. The van der Waals surface area contributed by atoms with Gasteiger partial charge in [-0.05, 0) is 12.8 Å². The van der Waals surface area contributed by atoms with E-state index < -0.39 is 17.6 Å². The van der Waals surface area contributed by atoms with Crippen LogP contribution in [0, 0.1) is 0 Å². The van der Waals surface area contributed by atoms with Gasteiger partial charge in [0.2, 0.25) is 11.0 Å². The lowest BCUT2D eigenvalue weighted by molar-refractivity contribution is -0.144. The van der Waals surface area contributed by atoms with Crippen LogP contribution in [0.25, 0.3) is 0 Å². The Bertz CT molecular complexity index is 363. The Balaban J connectivity index is 2.62. The molecule has 0 spiro atoms. The Kier molecular flexibility index (Phi) is 4.31. The van der Waals surface area contributed by atoms with E-state index >= 15 is 0 Å². The van der Waals surface area contributed by atoms with Crippen LogP contribution in [-0.4, -0.2) is 26.6 Å². The second kappa shape index (κ2) is 5.18. The Hall–Kier alpha value is -0.890. The van der Waals surface area contributed by atoms with Crippen molar-refractivity contribution in [2.45, 2.75) is 38.5 Å². The van der Waals surface area contributed by atoms with E-state index in [9.17, 15) is 18.3 Å². The molecule has 17 heavy (non-hydrogen) atoms. The van der Waals surface area contributed by atoms with Crippen molar-refractivity contribution in [3.63, 3.8) is 0 Å². The topological polar surface area (TPSA) is 58.0 Å². The van der Waals surface area contributed by atoms with Crippen LogP contribution in [0.5, 0.6) is 0 Å². The molecule has 1 rings (SSSR count). The lowest BCUT2D eigenvalue weighted by Gasteiger charge is -2.24. The summed E-state index contributed by atoms with van der Waals surface area (Å²) in [4.78, 5) is 3.31. The average molecular weight is 269 g/mol. The SMILES string of the molecule is CCC(O)(CC)CNc1nc(C(F)(F)F)ns1. The molecule has 2 N–H and O–H groups in total. The molecule has 0 atom stereocenters. The van der Waals surface area contributed by atoms with Gasteiger partial charge in [0.05, 0.1) is 5.60 Å². The highest BCUT2D eigenvalue weighted by Crippen LogP contribution is 2.29. The summed E-state index contributed by atoms with van der Waals surface area (Å²) < 4.78 is 39.8. The molecule has 0 saturated carbocycles. The first kappa shape index (κ1) is 14.2. The van der Waals surface area contributed by atoms with Gasteiger partial charge >= 0.3 is 6.18 Å². The molecule has 0 aromatic carbocycles. The molecule has 0 radical (unpaired) electrons. The molecule has 0 amide bonds. The number of rotatable bonds is 5. The largest absolute Gasteiger partial charge is 0.452 e. The molecule has 4 nitrogen and oxygen atoms in total. The third kappa shape index (κ3) is 3.81. The smallest absolute Gasteiger partial charge is 0.388 e. The zero-order valence-corrected chi connectivity index (χ0v) is 10.3. The molecule has 1 heterocycles. The van der Waals surface area contributed by atoms with Crippen molar-refractivity contribution in [2.24, 2.45) is 0 Å². The van der Waals surface area contributed by atoms with Crippen LogP contribution in [0.1, 0.15) is 32.5 Å². The fraction of sp³-hybridized carbons (Fsp3) is 0.778. The number of alkyl halides is 3. The van der Waals surface area contributed by atoms with Crippen molar-refractivity contribution >= 4 is 16.7 Å². The highest BCUT2D eigenvalue weighted by molar-refractivity contribution is 7.09. The zero-order valence-electron chi connectivity index (χ0n) is 9.51. The molecular weight excluding hydrogens is 255 g/mol. The molecule has 0 aliphatic rings. The van der Waals surface area contributed by atoms with Crippen LogP contribution < -0.4 is 5.32 Å². The van der Waals surface area contributed by atoms with E-state index in [0.29, 0.717) is 24.4 Å². The third-order valence-electron chi connectivity index (χ3n) is 2.56. The summed E-state index contributed by atoms with van der Waals surface area (Å²) in [6.07, 6.45) is -3.49. The molecule has 1 aromatic rings. The normalized spacial score (nSPS) is 12.8. The molecule has 0 aliphatic heterocycles. The number of nitrogens with one attached hydrogen (secondary N) is 1. The van der Waals surface area contributed by atoms with Crippen molar-refractivity contribution < 1.29 is 18.3 Å². The summed E-state index contributed by atoms with van der Waals surface area (Å²) in [5.74, 6) is -1.15. The van der Waals surface area contributed by atoms with Crippen molar-refractivity contribution in [1.82, 2.24) is 9.36 Å². The third-order valence-corrected chi connectivity index (χ3v) is 3.24. The van der Waals surface area contributed by atoms with Crippen LogP contribution in [0.15, 0.2) is 0 Å². The fourth-order valence-electron chi connectivity index (χ4n) is 1.15. The van der Waals surface area contributed by atoms with Crippen molar-refractivity contribution in [3.8, 4) is 0 Å². The number of hydrogen-bond acceptors (Lipinski definition) is 5. The van der Waals surface area contributed by atoms with Gasteiger partial charge in [-0.1, -0.05) is 13.8 Å². The number of halogens is 3. The Morgan fingerprint density at radius 2 is 1.88 bits per heavy atom. The van der Waals surface area contributed by atoms with E-state index in [2.05, 4.69) is 14.7 Å². The van der Waals surface area contributed by atoms with Gasteiger partial charge < -0.3 is 10.4 Å².